The topological polar surface area (TPSA) is 58.4 Å². The first-order valence-electron chi connectivity index (χ1n) is 6.53. The maximum Gasteiger partial charge on any atom is 0.256 e. The Hall–Kier alpha value is -2.01. The summed E-state index contributed by atoms with van der Waals surface area (Å²) < 4.78 is 0.790. The molecule has 0 aliphatic rings. The Balaban J connectivity index is 2.28. The first kappa shape index (κ1) is 15.4. The fourth-order valence-electron chi connectivity index (χ4n) is 2.00. The van der Waals surface area contributed by atoms with E-state index in [-0.39, 0.29) is 5.91 Å². The second-order valence-corrected chi connectivity index (χ2v) is 5.98. The van der Waals surface area contributed by atoms with Crippen LogP contribution in [0.3, 0.4) is 0 Å². The summed E-state index contributed by atoms with van der Waals surface area (Å²) in [6.07, 6.45) is 0. The molecule has 4 nitrogen and oxygen atoms in total. The lowest BCUT2D eigenvalue weighted by Gasteiger charge is -2.15. The standard InChI is InChI=1S/C16H18BrN3O/c1-10-14(7-11(17)8-15(10)18)16(21)19-12-5-4-6-13(9-12)20(2)3/h4-9H,18H2,1-3H3,(H,19,21). The first-order valence-corrected chi connectivity index (χ1v) is 7.32. The zero-order chi connectivity index (χ0) is 15.6. The van der Waals surface area contributed by atoms with Crippen molar-refractivity contribution < 1.29 is 4.79 Å². The Morgan fingerprint density at radius 2 is 1.95 bits per heavy atom. The highest BCUT2D eigenvalue weighted by molar-refractivity contribution is 9.10. The quantitative estimate of drug-likeness (QED) is 0.833. The minimum atomic E-state index is -0.170. The average molecular weight is 348 g/mol. The number of nitrogens with two attached hydrogens (primary N) is 1. The lowest BCUT2D eigenvalue weighted by atomic mass is 10.1. The molecule has 3 N–H and O–H groups in total. The molecule has 0 atom stereocenters. The van der Waals surface area contributed by atoms with Gasteiger partial charge in [0, 0.05) is 41.2 Å². The highest BCUT2D eigenvalue weighted by Gasteiger charge is 2.13. The number of carbonyl (C=O) groups is 1. The summed E-state index contributed by atoms with van der Waals surface area (Å²) >= 11 is 3.36. The van der Waals surface area contributed by atoms with E-state index in [0.29, 0.717) is 11.3 Å². The van der Waals surface area contributed by atoms with Crippen LogP contribution in [0.15, 0.2) is 40.9 Å². The molecule has 0 bridgehead atoms. The van der Waals surface area contributed by atoms with E-state index in [4.69, 9.17) is 5.73 Å². The highest BCUT2D eigenvalue weighted by Crippen LogP contribution is 2.24. The largest absolute Gasteiger partial charge is 0.398 e. The van der Waals surface area contributed by atoms with Crippen molar-refractivity contribution in [1.29, 1.82) is 0 Å². The van der Waals surface area contributed by atoms with Gasteiger partial charge in [0.25, 0.3) is 5.91 Å². The Morgan fingerprint density at radius 3 is 2.62 bits per heavy atom. The van der Waals surface area contributed by atoms with Crippen LogP contribution in [0.5, 0.6) is 0 Å². The Bertz CT molecular complexity index is 683. The van der Waals surface area contributed by atoms with Crippen molar-refractivity contribution in [1.82, 2.24) is 0 Å². The number of halogens is 1. The zero-order valence-electron chi connectivity index (χ0n) is 12.3. The number of amides is 1. The van der Waals surface area contributed by atoms with Gasteiger partial charge in [-0.05, 0) is 42.8 Å². The maximum atomic E-state index is 12.4. The van der Waals surface area contributed by atoms with Gasteiger partial charge in [-0.15, -0.1) is 0 Å². The molecule has 110 valence electrons. The number of anilines is 3. The summed E-state index contributed by atoms with van der Waals surface area (Å²) in [4.78, 5) is 14.4. The zero-order valence-corrected chi connectivity index (χ0v) is 13.9. The molecule has 0 aromatic heterocycles. The molecule has 0 heterocycles. The SMILES string of the molecule is Cc1c(N)cc(Br)cc1C(=O)Nc1cccc(N(C)C)c1. The van der Waals surface area contributed by atoms with Gasteiger partial charge in [0.1, 0.15) is 0 Å². The molecular weight excluding hydrogens is 330 g/mol. The van der Waals surface area contributed by atoms with Gasteiger partial charge in [-0.3, -0.25) is 4.79 Å². The molecule has 0 unspecified atom stereocenters. The van der Waals surface area contributed by atoms with Gasteiger partial charge < -0.3 is 16.0 Å². The van der Waals surface area contributed by atoms with Crippen LogP contribution >= 0.6 is 15.9 Å². The molecule has 2 aromatic rings. The van der Waals surface area contributed by atoms with E-state index in [0.717, 1.165) is 21.4 Å². The molecule has 21 heavy (non-hydrogen) atoms. The second kappa shape index (κ2) is 6.18. The van der Waals surface area contributed by atoms with Gasteiger partial charge in [0.2, 0.25) is 0 Å². The van der Waals surface area contributed by atoms with E-state index in [9.17, 15) is 4.79 Å². The van der Waals surface area contributed by atoms with Crippen molar-refractivity contribution in [3.63, 3.8) is 0 Å². The van der Waals surface area contributed by atoms with Gasteiger partial charge >= 0.3 is 0 Å². The summed E-state index contributed by atoms with van der Waals surface area (Å²) in [6, 6.07) is 11.2. The molecule has 0 saturated carbocycles. The van der Waals surface area contributed by atoms with Gasteiger partial charge in [-0.25, -0.2) is 0 Å². The number of hydrogen-bond acceptors (Lipinski definition) is 3. The molecule has 0 aliphatic carbocycles. The van der Waals surface area contributed by atoms with Gasteiger partial charge in [-0.2, -0.15) is 0 Å². The molecule has 1 amide bonds. The molecule has 0 spiro atoms. The number of rotatable bonds is 3. The number of hydrogen-bond donors (Lipinski definition) is 2. The van der Waals surface area contributed by atoms with Crippen molar-refractivity contribution in [2.45, 2.75) is 6.92 Å². The van der Waals surface area contributed by atoms with Crippen LogP contribution in [0, 0.1) is 6.92 Å². The van der Waals surface area contributed by atoms with Gasteiger partial charge in [0.05, 0.1) is 0 Å². The molecule has 0 aliphatic heterocycles. The normalized spacial score (nSPS) is 10.3. The summed E-state index contributed by atoms with van der Waals surface area (Å²) in [5, 5.41) is 2.91. The van der Waals surface area contributed by atoms with Crippen LogP contribution in [-0.4, -0.2) is 20.0 Å². The summed E-state index contributed by atoms with van der Waals surface area (Å²) in [5.74, 6) is -0.170. The second-order valence-electron chi connectivity index (χ2n) is 5.07. The van der Waals surface area contributed by atoms with Crippen molar-refractivity contribution in [3.8, 4) is 0 Å². The third-order valence-electron chi connectivity index (χ3n) is 3.28. The molecule has 2 rings (SSSR count). The van der Waals surface area contributed by atoms with Crippen LogP contribution in [-0.2, 0) is 0 Å². The number of carbonyl (C=O) groups excluding carboxylic acids is 1. The monoisotopic (exact) mass is 347 g/mol. The third-order valence-corrected chi connectivity index (χ3v) is 3.74. The minimum absolute atomic E-state index is 0.170. The predicted octanol–water partition coefficient (Wildman–Crippen LogP) is 3.66. The van der Waals surface area contributed by atoms with Gasteiger partial charge in [0.15, 0.2) is 0 Å². The van der Waals surface area contributed by atoms with Crippen LogP contribution < -0.4 is 16.0 Å². The van der Waals surface area contributed by atoms with Crippen molar-refractivity contribution in [3.05, 3.63) is 52.0 Å². The lowest BCUT2D eigenvalue weighted by molar-refractivity contribution is 0.102. The van der Waals surface area contributed by atoms with E-state index in [1.54, 1.807) is 12.1 Å². The Kier molecular flexibility index (Phi) is 4.53. The average Bonchev–Trinajstić information content (AvgIpc) is 2.43. The van der Waals surface area contributed by atoms with E-state index >= 15 is 0 Å². The van der Waals surface area contributed by atoms with E-state index in [1.807, 2.05) is 50.2 Å². The smallest absolute Gasteiger partial charge is 0.256 e. The van der Waals surface area contributed by atoms with Crippen molar-refractivity contribution in [2.75, 3.05) is 30.0 Å². The number of nitrogens with zero attached hydrogens (tertiary/aromatic N) is 1. The van der Waals surface area contributed by atoms with Crippen LogP contribution in [0.25, 0.3) is 0 Å². The Labute approximate surface area is 133 Å². The minimum Gasteiger partial charge on any atom is -0.398 e. The van der Waals surface area contributed by atoms with E-state index in [2.05, 4.69) is 21.2 Å². The van der Waals surface area contributed by atoms with E-state index < -0.39 is 0 Å². The molecule has 0 fully saturated rings. The molecule has 2 aromatic carbocycles. The van der Waals surface area contributed by atoms with Crippen molar-refractivity contribution in [2.24, 2.45) is 0 Å². The maximum absolute atomic E-state index is 12.4. The van der Waals surface area contributed by atoms with Crippen molar-refractivity contribution >= 4 is 38.9 Å². The first-order chi connectivity index (χ1) is 9.88. The lowest BCUT2D eigenvalue weighted by Crippen LogP contribution is -2.15. The van der Waals surface area contributed by atoms with E-state index in [1.165, 1.54) is 0 Å². The number of nitrogen functional groups attached to an aromatic ring is 1. The number of benzene rings is 2. The summed E-state index contributed by atoms with van der Waals surface area (Å²) in [6.45, 7) is 1.84. The van der Waals surface area contributed by atoms with Crippen LogP contribution in [0.1, 0.15) is 15.9 Å². The van der Waals surface area contributed by atoms with Gasteiger partial charge in [-0.1, -0.05) is 22.0 Å². The fraction of sp³-hybridized carbons (Fsp3) is 0.188. The summed E-state index contributed by atoms with van der Waals surface area (Å²) in [5.41, 5.74) is 9.62. The Morgan fingerprint density at radius 1 is 1.24 bits per heavy atom. The predicted molar refractivity (Wildman–Crippen MR) is 92.0 cm³/mol. The van der Waals surface area contributed by atoms with Crippen LogP contribution in [0.2, 0.25) is 0 Å². The van der Waals surface area contributed by atoms with Crippen LogP contribution in [0.4, 0.5) is 17.1 Å². The number of nitrogens with one attached hydrogen (secondary N) is 1. The fourth-order valence-corrected chi connectivity index (χ4v) is 2.47. The third kappa shape index (κ3) is 3.55. The summed E-state index contributed by atoms with van der Waals surface area (Å²) in [7, 11) is 3.92. The molecular formula is C16H18BrN3O. The molecule has 0 saturated heterocycles. The highest BCUT2D eigenvalue weighted by atomic mass is 79.9. The molecule has 5 heteroatoms. The molecule has 0 radical (unpaired) electrons.